The van der Waals surface area contributed by atoms with E-state index >= 15 is 0 Å². The molecule has 0 aromatic carbocycles. The number of anilines is 1. The van der Waals surface area contributed by atoms with Crippen molar-refractivity contribution in [1.82, 2.24) is 9.97 Å². The highest BCUT2D eigenvalue weighted by Gasteiger charge is 2.28. The van der Waals surface area contributed by atoms with Crippen LogP contribution in [0.2, 0.25) is 0 Å². The summed E-state index contributed by atoms with van der Waals surface area (Å²) in [7, 11) is -4.13. The largest absolute Gasteiger partial charge is 0.265 e. The van der Waals surface area contributed by atoms with Gasteiger partial charge in [0.25, 0.3) is 16.4 Å². The van der Waals surface area contributed by atoms with Gasteiger partial charge in [-0.15, -0.1) is 0 Å². The number of nitrogens with one attached hydrogen (secondary N) is 1. The lowest BCUT2D eigenvalue weighted by molar-refractivity contribution is 0.148. The van der Waals surface area contributed by atoms with E-state index in [1.807, 2.05) is 6.07 Å². The van der Waals surface area contributed by atoms with Crippen LogP contribution in [0.5, 0.6) is 0 Å². The predicted molar refractivity (Wildman–Crippen MR) is 78.8 cm³/mol. The minimum atomic E-state index is -4.13. The average Bonchev–Trinajstić information content (AvgIpc) is 3.13. The number of thiophene rings is 1. The quantitative estimate of drug-likeness (QED) is 0.901. The smallest absolute Gasteiger partial charge is 0.247 e. The van der Waals surface area contributed by atoms with Crippen molar-refractivity contribution in [3.63, 3.8) is 0 Å². The minimum Gasteiger partial charge on any atom is -0.247 e. The van der Waals surface area contributed by atoms with Gasteiger partial charge < -0.3 is 0 Å². The fourth-order valence-electron chi connectivity index (χ4n) is 2.07. The van der Waals surface area contributed by atoms with E-state index in [9.17, 15) is 17.2 Å². The molecule has 1 fully saturated rings. The SMILES string of the molecule is Cc1cc(C2CC2)nc(NS(=O)(=O)c2cscc2C(F)F)n1. The van der Waals surface area contributed by atoms with Crippen molar-refractivity contribution in [1.29, 1.82) is 0 Å². The Morgan fingerprint density at radius 2 is 2.05 bits per heavy atom. The topological polar surface area (TPSA) is 72.0 Å². The second-order valence-corrected chi connectivity index (χ2v) is 7.52. The van der Waals surface area contributed by atoms with Crippen LogP contribution in [0.3, 0.4) is 0 Å². The number of nitrogens with zero attached hydrogens (tertiary/aromatic N) is 2. The van der Waals surface area contributed by atoms with Gasteiger partial charge in [0, 0.05) is 33.6 Å². The molecule has 9 heteroatoms. The average molecular weight is 345 g/mol. The van der Waals surface area contributed by atoms with Crippen molar-refractivity contribution in [2.45, 2.75) is 37.0 Å². The Bertz CT molecular complexity index is 801. The highest BCUT2D eigenvalue weighted by Crippen LogP contribution is 2.39. The van der Waals surface area contributed by atoms with Crippen LogP contribution in [0.15, 0.2) is 21.7 Å². The van der Waals surface area contributed by atoms with Crippen LogP contribution in [0.25, 0.3) is 0 Å². The molecule has 5 nitrogen and oxygen atoms in total. The van der Waals surface area contributed by atoms with E-state index in [1.54, 1.807) is 6.92 Å². The van der Waals surface area contributed by atoms with Crippen molar-refractivity contribution in [2.24, 2.45) is 0 Å². The van der Waals surface area contributed by atoms with Crippen molar-refractivity contribution in [3.05, 3.63) is 33.8 Å². The first-order chi connectivity index (χ1) is 10.4. The molecule has 0 atom stereocenters. The first-order valence-corrected chi connectivity index (χ1v) is 9.02. The lowest BCUT2D eigenvalue weighted by atomic mass is 10.2. The summed E-state index contributed by atoms with van der Waals surface area (Å²) >= 11 is 0.913. The number of halogens is 2. The van der Waals surface area contributed by atoms with Gasteiger partial charge in [0.05, 0.1) is 0 Å². The zero-order chi connectivity index (χ0) is 15.9. The minimum absolute atomic E-state index is 0.0756. The van der Waals surface area contributed by atoms with Gasteiger partial charge in [-0.2, -0.15) is 11.3 Å². The van der Waals surface area contributed by atoms with Crippen LogP contribution >= 0.6 is 11.3 Å². The Balaban J connectivity index is 1.93. The number of sulfonamides is 1. The summed E-state index contributed by atoms with van der Waals surface area (Å²) in [5.74, 6) is 0.260. The van der Waals surface area contributed by atoms with Crippen molar-refractivity contribution < 1.29 is 17.2 Å². The third kappa shape index (κ3) is 3.09. The summed E-state index contributed by atoms with van der Waals surface area (Å²) in [6, 6.07) is 1.81. The van der Waals surface area contributed by atoms with E-state index in [0.29, 0.717) is 11.6 Å². The Morgan fingerprint density at radius 1 is 1.32 bits per heavy atom. The molecule has 1 N–H and O–H groups in total. The van der Waals surface area contributed by atoms with Gasteiger partial charge in [-0.05, 0) is 25.8 Å². The zero-order valence-corrected chi connectivity index (χ0v) is 13.2. The summed E-state index contributed by atoms with van der Waals surface area (Å²) in [6.45, 7) is 1.74. The van der Waals surface area contributed by atoms with Crippen LogP contribution in [0.1, 0.15) is 42.1 Å². The van der Waals surface area contributed by atoms with Crippen molar-refractivity contribution in [2.75, 3.05) is 4.72 Å². The van der Waals surface area contributed by atoms with E-state index < -0.39 is 26.9 Å². The van der Waals surface area contributed by atoms with Gasteiger partial charge in [0.1, 0.15) is 4.90 Å². The highest BCUT2D eigenvalue weighted by atomic mass is 32.2. The maximum absolute atomic E-state index is 12.9. The number of rotatable bonds is 5. The summed E-state index contributed by atoms with van der Waals surface area (Å²) in [4.78, 5) is 7.78. The molecule has 0 radical (unpaired) electrons. The highest BCUT2D eigenvalue weighted by molar-refractivity contribution is 7.92. The molecule has 0 unspecified atom stereocenters. The molecule has 1 aliphatic carbocycles. The summed E-state index contributed by atoms with van der Waals surface area (Å²) in [6.07, 6.45) is -0.816. The second-order valence-electron chi connectivity index (χ2n) is 5.13. The number of hydrogen-bond donors (Lipinski definition) is 1. The van der Waals surface area contributed by atoms with E-state index in [1.165, 1.54) is 5.38 Å². The lowest BCUT2D eigenvalue weighted by Gasteiger charge is -2.09. The predicted octanol–water partition coefficient (Wildman–Crippen LogP) is 3.46. The normalized spacial score (nSPS) is 15.3. The molecular weight excluding hydrogens is 332 g/mol. The first-order valence-electron chi connectivity index (χ1n) is 6.59. The van der Waals surface area contributed by atoms with E-state index in [2.05, 4.69) is 14.7 Å². The maximum atomic E-state index is 12.9. The molecule has 0 bridgehead atoms. The molecule has 0 spiro atoms. The molecular formula is C13H13F2N3O2S2. The lowest BCUT2D eigenvalue weighted by Crippen LogP contribution is -2.16. The fraction of sp³-hybridized carbons (Fsp3) is 0.385. The van der Waals surface area contributed by atoms with E-state index in [0.717, 1.165) is 35.3 Å². The molecule has 0 saturated heterocycles. The van der Waals surface area contributed by atoms with Crippen LogP contribution in [-0.4, -0.2) is 18.4 Å². The molecule has 2 aromatic rings. The molecule has 118 valence electrons. The first kappa shape index (κ1) is 15.3. The van der Waals surface area contributed by atoms with Crippen LogP contribution in [0, 0.1) is 6.92 Å². The summed E-state index contributed by atoms with van der Waals surface area (Å²) in [5.41, 5.74) is 0.908. The Hall–Kier alpha value is -1.61. The second kappa shape index (κ2) is 5.54. The maximum Gasteiger partial charge on any atom is 0.265 e. The van der Waals surface area contributed by atoms with Crippen molar-refractivity contribution in [3.8, 4) is 0 Å². The number of aromatic nitrogens is 2. The zero-order valence-electron chi connectivity index (χ0n) is 11.6. The molecule has 2 aromatic heterocycles. The number of alkyl halides is 2. The standard InChI is InChI=1S/C13H13F2N3O2S2/c1-7-4-10(8-2-3-8)17-13(16-7)18-22(19,20)11-6-21-5-9(11)12(14)15/h4-6,8,12H,2-3H2,1H3,(H,16,17,18). The monoisotopic (exact) mass is 345 g/mol. The van der Waals surface area contributed by atoms with Gasteiger partial charge in [0.15, 0.2) is 0 Å². The Labute approximate surface area is 130 Å². The molecule has 1 saturated carbocycles. The Morgan fingerprint density at radius 3 is 2.68 bits per heavy atom. The van der Waals surface area contributed by atoms with Gasteiger partial charge in [-0.25, -0.2) is 31.9 Å². The fourth-order valence-corrected chi connectivity index (χ4v) is 4.43. The molecule has 0 aliphatic heterocycles. The molecule has 3 rings (SSSR count). The molecule has 0 amide bonds. The van der Waals surface area contributed by atoms with E-state index in [-0.39, 0.29) is 5.95 Å². The van der Waals surface area contributed by atoms with Crippen molar-refractivity contribution >= 4 is 27.3 Å². The van der Waals surface area contributed by atoms with Crippen LogP contribution in [0.4, 0.5) is 14.7 Å². The number of hydrogen-bond acceptors (Lipinski definition) is 5. The molecule has 22 heavy (non-hydrogen) atoms. The summed E-state index contributed by atoms with van der Waals surface area (Å²) in [5, 5.41) is 2.31. The van der Waals surface area contributed by atoms with Gasteiger partial charge in [0.2, 0.25) is 5.95 Å². The molecule has 1 aliphatic rings. The van der Waals surface area contributed by atoms with Crippen LogP contribution < -0.4 is 4.72 Å². The third-order valence-corrected chi connectivity index (χ3v) is 5.57. The summed E-state index contributed by atoms with van der Waals surface area (Å²) < 4.78 is 52.5. The van der Waals surface area contributed by atoms with Gasteiger partial charge in [-0.3, -0.25) is 0 Å². The molecule has 2 heterocycles. The van der Waals surface area contributed by atoms with Gasteiger partial charge >= 0.3 is 0 Å². The Kier molecular flexibility index (Phi) is 3.85. The van der Waals surface area contributed by atoms with Crippen LogP contribution in [-0.2, 0) is 10.0 Å². The van der Waals surface area contributed by atoms with Gasteiger partial charge in [-0.1, -0.05) is 0 Å². The van der Waals surface area contributed by atoms with E-state index in [4.69, 9.17) is 0 Å². The third-order valence-electron chi connectivity index (χ3n) is 3.27. The number of aryl methyl sites for hydroxylation is 1.